The predicted octanol–water partition coefficient (Wildman–Crippen LogP) is 2.73. The molecule has 1 atom stereocenters. The van der Waals surface area contributed by atoms with Gasteiger partial charge in [-0.25, -0.2) is 4.79 Å². The van der Waals surface area contributed by atoms with E-state index in [1.54, 1.807) is 7.11 Å². The first-order valence-electron chi connectivity index (χ1n) is 6.48. The highest BCUT2D eigenvalue weighted by Gasteiger charge is 2.22. The molecule has 0 amide bonds. The van der Waals surface area contributed by atoms with Crippen molar-refractivity contribution in [2.24, 2.45) is 5.92 Å². The van der Waals surface area contributed by atoms with Crippen molar-refractivity contribution in [2.75, 3.05) is 12.4 Å². The van der Waals surface area contributed by atoms with Gasteiger partial charge < -0.3 is 15.2 Å². The smallest absolute Gasteiger partial charge is 0.326 e. The third kappa shape index (κ3) is 3.69. The minimum atomic E-state index is -0.897. The van der Waals surface area contributed by atoms with Crippen molar-refractivity contribution in [1.82, 2.24) is 10.2 Å². The van der Waals surface area contributed by atoms with Gasteiger partial charge >= 0.3 is 5.97 Å². The maximum Gasteiger partial charge on any atom is 0.326 e. The third-order valence-corrected chi connectivity index (χ3v) is 3.88. The molecule has 0 fully saturated rings. The fourth-order valence-electron chi connectivity index (χ4n) is 1.78. The molecule has 2 aromatic rings. The van der Waals surface area contributed by atoms with Crippen LogP contribution in [-0.2, 0) is 4.79 Å². The minimum absolute atomic E-state index is 0.0455. The van der Waals surface area contributed by atoms with Crippen LogP contribution >= 0.6 is 11.3 Å². The van der Waals surface area contributed by atoms with E-state index in [2.05, 4.69) is 15.5 Å². The quantitative estimate of drug-likeness (QED) is 0.853. The number of aromatic nitrogens is 2. The number of aliphatic carboxylic acids is 1. The van der Waals surface area contributed by atoms with Gasteiger partial charge in [0.15, 0.2) is 0 Å². The molecule has 6 nitrogen and oxygen atoms in total. The molecule has 1 aromatic carbocycles. The number of carboxylic acid groups (broad SMARTS) is 1. The Morgan fingerprint density at radius 1 is 1.29 bits per heavy atom. The maximum absolute atomic E-state index is 11.2. The van der Waals surface area contributed by atoms with Crippen molar-refractivity contribution in [2.45, 2.75) is 19.9 Å². The van der Waals surface area contributed by atoms with Gasteiger partial charge in [-0.1, -0.05) is 25.2 Å². The number of hydrogen-bond donors (Lipinski definition) is 2. The summed E-state index contributed by atoms with van der Waals surface area (Å²) in [7, 11) is 1.61. The zero-order valence-electron chi connectivity index (χ0n) is 12.0. The lowest BCUT2D eigenvalue weighted by Crippen LogP contribution is -2.34. The van der Waals surface area contributed by atoms with Gasteiger partial charge in [0.2, 0.25) is 5.13 Å². The number of carboxylic acids is 1. The van der Waals surface area contributed by atoms with Gasteiger partial charge in [-0.15, -0.1) is 10.2 Å². The number of carbonyl (C=O) groups is 1. The average molecular weight is 307 g/mol. The Morgan fingerprint density at radius 3 is 2.48 bits per heavy atom. The standard InChI is InChI=1S/C14H17N3O3S/c1-8(2)11(13(18)19)15-14-17-16-12(21-14)9-4-6-10(20-3)7-5-9/h4-8,11H,1-3H3,(H,15,17)(H,18,19)/t11-/m1/s1. The molecule has 0 radical (unpaired) electrons. The number of anilines is 1. The number of methoxy groups -OCH3 is 1. The lowest BCUT2D eigenvalue weighted by molar-refractivity contribution is -0.138. The monoisotopic (exact) mass is 307 g/mol. The summed E-state index contributed by atoms with van der Waals surface area (Å²) in [5.74, 6) is -0.172. The summed E-state index contributed by atoms with van der Waals surface area (Å²) in [6.45, 7) is 3.69. The Kier molecular flexibility index (Phi) is 4.74. The van der Waals surface area contributed by atoms with Crippen LogP contribution in [0.25, 0.3) is 10.6 Å². The Bertz CT molecular complexity index is 610. The Labute approximate surface area is 126 Å². The summed E-state index contributed by atoms with van der Waals surface area (Å²) in [5.41, 5.74) is 0.915. The van der Waals surface area contributed by atoms with Gasteiger partial charge in [-0.3, -0.25) is 0 Å². The number of ether oxygens (including phenoxy) is 1. The molecule has 0 spiro atoms. The van der Waals surface area contributed by atoms with Gasteiger partial charge in [0.05, 0.1) is 7.11 Å². The first-order valence-corrected chi connectivity index (χ1v) is 7.30. The van der Waals surface area contributed by atoms with Crippen LogP contribution in [0.5, 0.6) is 5.75 Å². The summed E-state index contributed by atoms with van der Waals surface area (Å²) in [6.07, 6.45) is 0. The molecule has 1 aromatic heterocycles. The van der Waals surface area contributed by atoms with E-state index in [4.69, 9.17) is 9.84 Å². The molecule has 0 bridgehead atoms. The molecule has 2 rings (SSSR count). The zero-order valence-corrected chi connectivity index (χ0v) is 12.8. The highest BCUT2D eigenvalue weighted by molar-refractivity contribution is 7.18. The van der Waals surface area contributed by atoms with Crippen molar-refractivity contribution in [1.29, 1.82) is 0 Å². The molecule has 0 aliphatic heterocycles. The van der Waals surface area contributed by atoms with Crippen molar-refractivity contribution >= 4 is 22.4 Å². The van der Waals surface area contributed by atoms with E-state index in [1.807, 2.05) is 38.1 Å². The van der Waals surface area contributed by atoms with Crippen molar-refractivity contribution < 1.29 is 14.6 Å². The summed E-state index contributed by atoms with van der Waals surface area (Å²) in [6, 6.07) is 6.79. The molecule has 21 heavy (non-hydrogen) atoms. The van der Waals surface area contributed by atoms with E-state index in [-0.39, 0.29) is 5.92 Å². The SMILES string of the molecule is COc1ccc(-c2nnc(N[C@@H](C(=O)O)C(C)C)s2)cc1. The summed E-state index contributed by atoms with van der Waals surface area (Å²) in [5, 5.41) is 21.4. The third-order valence-electron chi connectivity index (χ3n) is 2.97. The molecule has 0 aliphatic carbocycles. The Hall–Kier alpha value is -2.15. The number of hydrogen-bond acceptors (Lipinski definition) is 6. The summed E-state index contributed by atoms with van der Waals surface area (Å²) >= 11 is 1.33. The minimum Gasteiger partial charge on any atom is -0.497 e. The lowest BCUT2D eigenvalue weighted by atomic mass is 10.1. The van der Waals surface area contributed by atoms with E-state index >= 15 is 0 Å². The summed E-state index contributed by atoms with van der Waals surface area (Å²) in [4.78, 5) is 11.2. The first kappa shape index (κ1) is 15.2. The molecular formula is C14H17N3O3S. The molecule has 0 saturated carbocycles. The van der Waals surface area contributed by atoms with Crippen LogP contribution in [0.1, 0.15) is 13.8 Å². The number of nitrogens with zero attached hydrogens (tertiary/aromatic N) is 2. The second-order valence-corrected chi connectivity index (χ2v) is 5.82. The predicted molar refractivity (Wildman–Crippen MR) is 81.8 cm³/mol. The van der Waals surface area contributed by atoms with Crippen LogP contribution in [0, 0.1) is 5.92 Å². The topological polar surface area (TPSA) is 84.3 Å². The molecule has 0 unspecified atom stereocenters. The molecule has 112 valence electrons. The highest BCUT2D eigenvalue weighted by atomic mass is 32.1. The van der Waals surface area contributed by atoms with Crippen molar-refractivity contribution in [3.8, 4) is 16.3 Å². The molecular weight excluding hydrogens is 290 g/mol. The second kappa shape index (κ2) is 6.53. The van der Waals surface area contributed by atoms with E-state index in [1.165, 1.54) is 11.3 Å². The lowest BCUT2D eigenvalue weighted by Gasteiger charge is -2.16. The molecule has 7 heteroatoms. The Balaban J connectivity index is 2.15. The normalized spacial score (nSPS) is 12.2. The number of rotatable bonds is 6. The largest absolute Gasteiger partial charge is 0.497 e. The summed E-state index contributed by atoms with van der Waals surface area (Å²) < 4.78 is 5.11. The van der Waals surface area contributed by atoms with Gasteiger partial charge in [0.1, 0.15) is 16.8 Å². The van der Waals surface area contributed by atoms with Crippen molar-refractivity contribution in [3.05, 3.63) is 24.3 Å². The van der Waals surface area contributed by atoms with Crippen molar-refractivity contribution in [3.63, 3.8) is 0 Å². The van der Waals surface area contributed by atoms with Crippen LogP contribution in [0.2, 0.25) is 0 Å². The molecule has 1 heterocycles. The van der Waals surface area contributed by atoms with E-state index in [9.17, 15) is 4.79 Å². The van der Waals surface area contributed by atoms with E-state index in [0.717, 1.165) is 16.3 Å². The average Bonchev–Trinajstić information content (AvgIpc) is 2.93. The molecule has 0 saturated heterocycles. The molecule has 2 N–H and O–H groups in total. The second-order valence-electron chi connectivity index (χ2n) is 4.85. The van der Waals surface area contributed by atoms with Gasteiger partial charge in [-0.05, 0) is 30.2 Å². The van der Waals surface area contributed by atoms with Gasteiger partial charge in [0, 0.05) is 5.56 Å². The Morgan fingerprint density at radius 2 is 1.95 bits per heavy atom. The van der Waals surface area contributed by atoms with E-state index < -0.39 is 12.0 Å². The number of nitrogens with one attached hydrogen (secondary N) is 1. The van der Waals surface area contributed by atoms with Crippen LogP contribution in [0.15, 0.2) is 24.3 Å². The number of benzene rings is 1. The zero-order chi connectivity index (χ0) is 15.4. The van der Waals surface area contributed by atoms with Crippen LogP contribution < -0.4 is 10.1 Å². The van der Waals surface area contributed by atoms with E-state index in [0.29, 0.717) is 5.13 Å². The van der Waals surface area contributed by atoms with Gasteiger partial charge in [-0.2, -0.15) is 0 Å². The van der Waals surface area contributed by atoms with Crippen LogP contribution in [0.4, 0.5) is 5.13 Å². The van der Waals surface area contributed by atoms with Crippen LogP contribution in [-0.4, -0.2) is 34.4 Å². The first-order chi connectivity index (χ1) is 10.0. The van der Waals surface area contributed by atoms with Gasteiger partial charge in [0.25, 0.3) is 0 Å². The van der Waals surface area contributed by atoms with Crippen LogP contribution in [0.3, 0.4) is 0 Å². The fourth-order valence-corrected chi connectivity index (χ4v) is 2.56. The highest BCUT2D eigenvalue weighted by Crippen LogP contribution is 2.28. The molecule has 0 aliphatic rings. The fraction of sp³-hybridized carbons (Fsp3) is 0.357. The maximum atomic E-state index is 11.2.